The van der Waals surface area contributed by atoms with Crippen LogP contribution in [0.3, 0.4) is 0 Å². The molecule has 0 saturated heterocycles. The lowest BCUT2D eigenvalue weighted by Gasteiger charge is -2.17. The van der Waals surface area contributed by atoms with Gasteiger partial charge in [0.25, 0.3) is 0 Å². The van der Waals surface area contributed by atoms with Crippen LogP contribution in [0.4, 0.5) is 5.69 Å². The molecule has 0 aliphatic carbocycles. The van der Waals surface area contributed by atoms with Crippen LogP contribution >= 0.6 is 0 Å². The largest absolute Gasteiger partial charge is 0.478 e. The van der Waals surface area contributed by atoms with Gasteiger partial charge in [-0.1, -0.05) is 30.3 Å². The number of hydrogen-bond donors (Lipinski definition) is 3. The standard InChI is InChI=1S/C18H16N2O5S/c19-17-13(8-11-6-7-25-10-11)14(18(21)22)9-15(26(20,23)24)16(17)12-4-2-1-3-5-12/h1-7,9-10H,8,19H2,(H,21,22)(H2,20,23,24). The number of carbonyl (C=O) groups is 1. The highest BCUT2D eigenvalue weighted by molar-refractivity contribution is 7.89. The first-order chi connectivity index (χ1) is 12.3. The summed E-state index contributed by atoms with van der Waals surface area (Å²) in [4.78, 5) is 11.4. The second-order valence-corrected chi connectivity index (χ2v) is 7.24. The van der Waals surface area contributed by atoms with E-state index < -0.39 is 16.0 Å². The number of rotatable bonds is 5. The van der Waals surface area contributed by atoms with Crippen molar-refractivity contribution in [3.05, 3.63) is 71.7 Å². The zero-order valence-electron chi connectivity index (χ0n) is 13.5. The fraction of sp³-hybridized carbons (Fsp3) is 0.0556. The van der Waals surface area contributed by atoms with Crippen molar-refractivity contribution in [2.75, 3.05) is 5.73 Å². The molecule has 134 valence electrons. The molecule has 0 aliphatic heterocycles. The predicted molar refractivity (Wildman–Crippen MR) is 96.1 cm³/mol. The average molecular weight is 372 g/mol. The number of nitrogens with two attached hydrogens (primary N) is 2. The van der Waals surface area contributed by atoms with Gasteiger partial charge >= 0.3 is 5.97 Å². The van der Waals surface area contributed by atoms with Gasteiger partial charge in [-0.25, -0.2) is 18.4 Å². The van der Waals surface area contributed by atoms with Crippen LogP contribution in [0.25, 0.3) is 11.1 Å². The molecule has 0 aliphatic rings. The number of nitrogen functional groups attached to an aromatic ring is 1. The summed E-state index contributed by atoms with van der Waals surface area (Å²) in [5.74, 6) is -1.29. The lowest BCUT2D eigenvalue weighted by molar-refractivity contribution is 0.0695. The van der Waals surface area contributed by atoms with Crippen LogP contribution < -0.4 is 10.9 Å². The third-order valence-corrected chi connectivity index (χ3v) is 4.94. The summed E-state index contributed by atoms with van der Waals surface area (Å²) in [5.41, 5.74) is 7.82. The van der Waals surface area contributed by atoms with Gasteiger partial charge in [0.1, 0.15) is 0 Å². The predicted octanol–water partition coefficient (Wildman–Crippen LogP) is 2.47. The Morgan fingerprint density at radius 3 is 2.38 bits per heavy atom. The highest BCUT2D eigenvalue weighted by Gasteiger charge is 2.26. The Hall–Kier alpha value is -3.10. The topological polar surface area (TPSA) is 137 Å². The van der Waals surface area contributed by atoms with Crippen molar-refractivity contribution in [2.45, 2.75) is 11.3 Å². The zero-order chi connectivity index (χ0) is 18.9. The molecule has 0 spiro atoms. The quantitative estimate of drug-likeness (QED) is 0.588. The van der Waals surface area contributed by atoms with Gasteiger partial charge in [-0.3, -0.25) is 0 Å². The van der Waals surface area contributed by atoms with Gasteiger partial charge in [0, 0.05) is 17.7 Å². The summed E-state index contributed by atoms with van der Waals surface area (Å²) in [7, 11) is -4.20. The maximum absolute atomic E-state index is 12.1. The normalized spacial score (nSPS) is 11.4. The first-order valence-electron chi connectivity index (χ1n) is 7.57. The number of hydrogen-bond acceptors (Lipinski definition) is 5. The van der Waals surface area contributed by atoms with Gasteiger partial charge in [-0.05, 0) is 28.8 Å². The van der Waals surface area contributed by atoms with Crippen molar-refractivity contribution in [1.29, 1.82) is 0 Å². The number of benzene rings is 2. The molecule has 0 radical (unpaired) electrons. The van der Waals surface area contributed by atoms with Crippen molar-refractivity contribution in [1.82, 2.24) is 0 Å². The minimum Gasteiger partial charge on any atom is -0.478 e. The third-order valence-electron chi connectivity index (χ3n) is 4.00. The number of carboxylic acid groups (broad SMARTS) is 1. The van der Waals surface area contributed by atoms with E-state index in [4.69, 9.17) is 15.3 Å². The second kappa shape index (κ2) is 6.66. The van der Waals surface area contributed by atoms with Crippen LogP contribution in [0, 0.1) is 0 Å². The van der Waals surface area contributed by atoms with E-state index in [1.807, 2.05) is 0 Å². The van der Waals surface area contributed by atoms with E-state index in [1.54, 1.807) is 36.4 Å². The summed E-state index contributed by atoms with van der Waals surface area (Å²) in [6.07, 6.45) is 3.11. The summed E-state index contributed by atoms with van der Waals surface area (Å²) in [5, 5.41) is 14.9. The highest BCUT2D eigenvalue weighted by atomic mass is 32.2. The maximum Gasteiger partial charge on any atom is 0.336 e. The van der Waals surface area contributed by atoms with Crippen molar-refractivity contribution in [3.8, 4) is 11.1 Å². The monoisotopic (exact) mass is 372 g/mol. The molecule has 26 heavy (non-hydrogen) atoms. The van der Waals surface area contributed by atoms with E-state index in [0.717, 1.165) is 6.07 Å². The molecule has 0 unspecified atom stereocenters. The highest BCUT2D eigenvalue weighted by Crippen LogP contribution is 2.37. The lowest BCUT2D eigenvalue weighted by Crippen LogP contribution is -2.18. The Kier molecular flexibility index (Phi) is 4.54. The van der Waals surface area contributed by atoms with Crippen LogP contribution in [-0.4, -0.2) is 19.5 Å². The molecule has 0 amide bonds. The maximum atomic E-state index is 12.1. The van der Waals surface area contributed by atoms with Gasteiger partial charge in [0.2, 0.25) is 10.0 Å². The third kappa shape index (κ3) is 3.32. The summed E-state index contributed by atoms with van der Waals surface area (Å²) < 4.78 is 29.2. The fourth-order valence-corrected chi connectivity index (χ4v) is 3.62. The molecule has 3 rings (SSSR count). The van der Waals surface area contributed by atoms with E-state index in [2.05, 4.69) is 0 Å². The van der Waals surface area contributed by atoms with Crippen LogP contribution in [0.15, 0.2) is 64.3 Å². The van der Waals surface area contributed by atoms with Crippen LogP contribution in [0.1, 0.15) is 21.5 Å². The van der Waals surface area contributed by atoms with E-state index in [-0.39, 0.29) is 28.1 Å². The molecule has 1 heterocycles. The van der Waals surface area contributed by atoms with E-state index in [9.17, 15) is 18.3 Å². The Morgan fingerprint density at radius 1 is 1.15 bits per heavy atom. The molecule has 0 atom stereocenters. The van der Waals surface area contributed by atoms with E-state index in [0.29, 0.717) is 16.7 Å². The minimum atomic E-state index is -4.20. The van der Waals surface area contributed by atoms with Crippen LogP contribution in [-0.2, 0) is 16.4 Å². The molecule has 0 saturated carbocycles. The lowest BCUT2D eigenvalue weighted by atomic mass is 9.93. The Labute approximate surface area is 149 Å². The molecule has 2 aromatic carbocycles. The van der Waals surface area contributed by atoms with Crippen molar-refractivity contribution in [3.63, 3.8) is 0 Å². The molecule has 0 bridgehead atoms. The summed E-state index contributed by atoms with van der Waals surface area (Å²) >= 11 is 0. The van der Waals surface area contributed by atoms with E-state index >= 15 is 0 Å². The Bertz CT molecular complexity index is 1060. The number of sulfonamides is 1. The summed E-state index contributed by atoms with van der Waals surface area (Å²) in [6.45, 7) is 0. The van der Waals surface area contributed by atoms with Gasteiger partial charge in [0.05, 0.1) is 23.0 Å². The molecule has 8 heteroatoms. The number of carboxylic acids is 1. The minimum absolute atomic E-state index is 0.0568. The molecule has 5 N–H and O–H groups in total. The molecule has 0 fully saturated rings. The van der Waals surface area contributed by atoms with Crippen molar-refractivity contribution >= 4 is 21.7 Å². The number of furan rings is 1. The molecule has 3 aromatic rings. The smallest absolute Gasteiger partial charge is 0.336 e. The molecule has 1 aromatic heterocycles. The van der Waals surface area contributed by atoms with Gasteiger partial charge < -0.3 is 15.3 Å². The van der Waals surface area contributed by atoms with Crippen LogP contribution in [0.5, 0.6) is 0 Å². The second-order valence-electron chi connectivity index (χ2n) is 5.71. The van der Waals surface area contributed by atoms with E-state index in [1.165, 1.54) is 12.5 Å². The van der Waals surface area contributed by atoms with Crippen LogP contribution in [0.2, 0.25) is 0 Å². The molecular formula is C18H16N2O5S. The molecule has 7 nitrogen and oxygen atoms in total. The van der Waals surface area contributed by atoms with Gasteiger partial charge in [-0.2, -0.15) is 0 Å². The number of primary sulfonamides is 1. The zero-order valence-corrected chi connectivity index (χ0v) is 14.4. The average Bonchev–Trinajstić information content (AvgIpc) is 3.09. The van der Waals surface area contributed by atoms with Crippen molar-refractivity contribution < 1.29 is 22.7 Å². The van der Waals surface area contributed by atoms with Crippen molar-refractivity contribution in [2.24, 2.45) is 5.14 Å². The number of aromatic carboxylic acids is 1. The fourth-order valence-electron chi connectivity index (χ4n) is 2.82. The van der Waals surface area contributed by atoms with Gasteiger partial charge in [0.15, 0.2) is 0 Å². The molecular weight excluding hydrogens is 356 g/mol. The first-order valence-corrected chi connectivity index (χ1v) is 9.11. The summed E-state index contributed by atoms with van der Waals surface area (Å²) in [6, 6.07) is 11.3. The first kappa shape index (κ1) is 17.7. The number of anilines is 1. The van der Waals surface area contributed by atoms with Gasteiger partial charge in [-0.15, -0.1) is 0 Å². The Morgan fingerprint density at radius 2 is 1.85 bits per heavy atom. The Balaban J connectivity index is 2.36. The SMILES string of the molecule is Nc1c(Cc2ccoc2)c(C(=O)O)cc(S(N)(=O)=O)c1-c1ccccc1.